The van der Waals surface area contributed by atoms with Crippen molar-refractivity contribution in [3.63, 3.8) is 0 Å². The summed E-state index contributed by atoms with van der Waals surface area (Å²) in [6.45, 7) is 0.416. The zero-order valence-corrected chi connectivity index (χ0v) is 19.7. The molecule has 1 aromatic carbocycles. The van der Waals surface area contributed by atoms with Crippen LogP contribution in [0.1, 0.15) is 76.6 Å². The number of pyridine rings is 1. The summed E-state index contributed by atoms with van der Waals surface area (Å²) >= 11 is 1.65. The van der Waals surface area contributed by atoms with Gasteiger partial charge in [-0.2, -0.15) is 0 Å². The van der Waals surface area contributed by atoms with E-state index in [0.29, 0.717) is 6.54 Å². The number of thiophene rings is 1. The molecule has 33 heavy (non-hydrogen) atoms. The number of carbonyl (C=O) groups excluding carboxylic acids is 2. The number of rotatable bonds is 6. The van der Waals surface area contributed by atoms with Crippen LogP contribution in [0.15, 0.2) is 47.5 Å². The highest BCUT2D eigenvalue weighted by molar-refractivity contribution is 7.19. The van der Waals surface area contributed by atoms with Crippen LogP contribution in [0, 0.1) is 0 Å². The van der Waals surface area contributed by atoms with Gasteiger partial charge in [0.15, 0.2) is 0 Å². The van der Waals surface area contributed by atoms with Gasteiger partial charge in [0.05, 0.1) is 6.54 Å². The number of fused-ring (bicyclic) bond motifs is 1. The van der Waals surface area contributed by atoms with Gasteiger partial charge in [-0.15, -0.1) is 11.3 Å². The second kappa shape index (κ2) is 9.14. The second-order valence-electron chi connectivity index (χ2n) is 9.31. The molecule has 3 aromatic rings. The molecule has 2 heterocycles. The van der Waals surface area contributed by atoms with Gasteiger partial charge in [-0.1, -0.05) is 37.5 Å². The Morgan fingerprint density at radius 2 is 1.79 bits per heavy atom. The predicted molar refractivity (Wildman–Crippen MR) is 131 cm³/mol. The third-order valence-electron chi connectivity index (χ3n) is 6.65. The maximum atomic E-state index is 13.3. The van der Waals surface area contributed by atoms with Gasteiger partial charge in [-0.3, -0.25) is 14.4 Å². The first-order valence-corrected chi connectivity index (χ1v) is 12.6. The Morgan fingerprint density at radius 3 is 2.52 bits per heavy atom. The summed E-state index contributed by atoms with van der Waals surface area (Å²) in [6.07, 6.45) is 10.5. The van der Waals surface area contributed by atoms with Gasteiger partial charge in [-0.25, -0.2) is 0 Å². The molecule has 0 spiro atoms. The third-order valence-corrected chi connectivity index (χ3v) is 7.75. The summed E-state index contributed by atoms with van der Waals surface area (Å²) in [4.78, 5) is 42.2. The van der Waals surface area contributed by atoms with Crippen molar-refractivity contribution in [2.24, 2.45) is 0 Å². The molecule has 2 saturated carbocycles. The molecule has 5 rings (SSSR count). The van der Waals surface area contributed by atoms with Crippen LogP contribution >= 0.6 is 11.3 Å². The molecule has 2 aromatic heterocycles. The predicted octanol–water partition coefficient (Wildman–Crippen LogP) is 4.73. The van der Waals surface area contributed by atoms with E-state index < -0.39 is 5.43 Å². The van der Waals surface area contributed by atoms with Crippen LogP contribution in [0.2, 0.25) is 0 Å². The molecule has 1 N–H and O–H groups in total. The van der Waals surface area contributed by atoms with Crippen molar-refractivity contribution >= 4 is 33.2 Å². The van der Waals surface area contributed by atoms with Crippen LogP contribution in [-0.4, -0.2) is 34.4 Å². The van der Waals surface area contributed by atoms with Crippen LogP contribution in [0.5, 0.6) is 0 Å². The van der Waals surface area contributed by atoms with Gasteiger partial charge in [-0.05, 0) is 43.2 Å². The molecule has 2 aliphatic rings. The molecule has 0 atom stereocenters. The summed E-state index contributed by atoms with van der Waals surface area (Å²) in [5, 5.41) is 4.19. The van der Waals surface area contributed by atoms with Crippen molar-refractivity contribution in [1.29, 1.82) is 0 Å². The molecule has 0 aliphatic heterocycles. The first-order chi connectivity index (χ1) is 16.0. The molecular weight excluding hydrogens is 434 g/mol. The number of hydrogen-bond donors (Lipinski definition) is 1. The number of hydrogen-bond acceptors (Lipinski definition) is 4. The van der Waals surface area contributed by atoms with Crippen molar-refractivity contribution < 1.29 is 9.59 Å². The summed E-state index contributed by atoms with van der Waals surface area (Å²) in [5.74, 6) is -0.706. The molecule has 2 amide bonds. The normalized spacial score (nSPS) is 16.6. The van der Waals surface area contributed by atoms with E-state index in [0.717, 1.165) is 48.8 Å². The highest BCUT2D eigenvalue weighted by Gasteiger charge is 2.29. The standard InChI is InChI=1S/C26H29N3O3S/c1-28(14-20-13-17-7-5-6-10-23(17)33-20)26(32)22-16-29(19-11-12-19)15-21(24(22)30)25(31)27-18-8-3-2-4-9-18/h5-7,10,13,15-16,18-19H,2-4,8-9,11-12,14H2,1H3,(H,27,31). The van der Waals surface area contributed by atoms with E-state index in [9.17, 15) is 14.4 Å². The first-order valence-electron chi connectivity index (χ1n) is 11.8. The van der Waals surface area contributed by atoms with Crippen molar-refractivity contribution in [3.8, 4) is 0 Å². The summed E-state index contributed by atoms with van der Waals surface area (Å²) < 4.78 is 3.06. The third kappa shape index (κ3) is 4.74. The monoisotopic (exact) mass is 463 g/mol. The Balaban J connectivity index is 1.40. The van der Waals surface area contributed by atoms with Gasteiger partial charge >= 0.3 is 0 Å². The van der Waals surface area contributed by atoms with Crippen molar-refractivity contribution in [2.45, 2.75) is 63.6 Å². The highest BCUT2D eigenvalue weighted by atomic mass is 32.1. The summed E-state index contributed by atoms with van der Waals surface area (Å²) in [6, 6.07) is 10.6. The van der Waals surface area contributed by atoms with E-state index in [2.05, 4.69) is 23.5 Å². The lowest BCUT2D eigenvalue weighted by molar-refractivity contribution is 0.0784. The lowest BCUT2D eigenvalue weighted by Crippen LogP contribution is -2.40. The Labute approximate surface area is 197 Å². The van der Waals surface area contributed by atoms with E-state index in [1.54, 1.807) is 35.7 Å². The van der Waals surface area contributed by atoms with Crippen LogP contribution < -0.4 is 10.7 Å². The van der Waals surface area contributed by atoms with E-state index >= 15 is 0 Å². The van der Waals surface area contributed by atoms with E-state index in [1.807, 2.05) is 16.7 Å². The second-order valence-corrected chi connectivity index (χ2v) is 10.5. The Kier molecular flexibility index (Phi) is 6.06. The number of amides is 2. The van der Waals surface area contributed by atoms with E-state index in [1.165, 1.54) is 11.1 Å². The van der Waals surface area contributed by atoms with Crippen LogP contribution in [0.25, 0.3) is 10.1 Å². The molecule has 6 nitrogen and oxygen atoms in total. The molecule has 172 valence electrons. The van der Waals surface area contributed by atoms with Crippen molar-refractivity contribution in [3.05, 3.63) is 69.0 Å². The van der Waals surface area contributed by atoms with Crippen LogP contribution in [-0.2, 0) is 6.54 Å². The summed E-state index contributed by atoms with van der Waals surface area (Å²) in [7, 11) is 1.71. The Morgan fingerprint density at radius 1 is 1.06 bits per heavy atom. The molecule has 0 radical (unpaired) electrons. The average molecular weight is 464 g/mol. The highest BCUT2D eigenvalue weighted by Crippen LogP contribution is 2.35. The zero-order chi connectivity index (χ0) is 22.9. The zero-order valence-electron chi connectivity index (χ0n) is 18.9. The molecule has 0 saturated heterocycles. The number of nitrogens with zero attached hydrogens (tertiary/aromatic N) is 2. The first kappa shape index (κ1) is 21.9. The molecular formula is C26H29N3O3S. The van der Waals surface area contributed by atoms with Gasteiger partial charge in [0.25, 0.3) is 11.8 Å². The quantitative estimate of drug-likeness (QED) is 0.574. The van der Waals surface area contributed by atoms with Gasteiger partial charge in [0, 0.05) is 41.1 Å². The van der Waals surface area contributed by atoms with Crippen LogP contribution in [0.4, 0.5) is 0 Å². The minimum atomic E-state index is -0.478. The molecule has 2 fully saturated rings. The minimum absolute atomic E-state index is 0.0711. The lowest BCUT2D eigenvalue weighted by atomic mass is 9.95. The SMILES string of the molecule is CN(Cc1cc2ccccc2s1)C(=O)c1cn(C2CC2)cc(C(=O)NC2CCCCC2)c1=O. The molecule has 2 aliphatic carbocycles. The maximum absolute atomic E-state index is 13.3. The molecule has 0 bridgehead atoms. The lowest BCUT2D eigenvalue weighted by Gasteiger charge is -2.23. The molecule has 7 heteroatoms. The fraction of sp³-hybridized carbons (Fsp3) is 0.423. The largest absolute Gasteiger partial charge is 0.349 e. The fourth-order valence-corrected chi connectivity index (χ4v) is 5.75. The van der Waals surface area contributed by atoms with Gasteiger partial charge in [0.1, 0.15) is 11.1 Å². The average Bonchev–Trinajstić information content (AvgIpc) is 3.59. The smallest absolute Gasteiger partial charge is 0.259 e. The topological polar surface area (TPSA) is 71.4 Å². The van der Waals surface area contributed by atoms with E-state index in [-0.39, 0.29) is 35.0 Å². The number of nitrogens with one attached hydrogen (secondary N) is 1. The summed E-state index contributed by atoms with van der Waals surface area (Å²) in [5.41, 5.74) is -0.330. The fourth-order valence-electron chi connectivity index (χ4n) is 4.63. The van der Waals surface area contributed by atoms with Gasteiger partial charge in [0.2, 0.25) is 5.43 Å². The van der Waals surface area contributed by atoms with Gasteiger partial charge < -0.3 is 14.8 Å². The van der Waals surface area contributed by atoms with Crippen molar-refractivity contribution in [2.75, 3.05) is 7.05 Å². The number of aromatic nitrogens is 1. The maximum Gasteiger partial charge on any atom is 0.259 e. The van der Waals surface area contributed by atoms with Crippen molar-refractivity contribution in [1.82, 2.24) is 14.8 Å². The number of benzene rings is 1. The van der Waals surface area contributed by atoms with Crippen LogP contribution in [0.3, 0.4) is 0 Å². The molecule has 0 unspecified atom stereocenters. The minimum Gasteiger partial charge on any atom is -0.349 e. The van der Waals surface area contributed by atoms with E-state index in [4.69, 9.17) is 0 Å². The number of carbonyl (C=O) groups is 2. The Hall–Kier alpha value is -2.93. The Bertz CT molecular complexity index is 1220.